The summed E-state index contributed by atoms with van der Waals surface area (Å²) < 4.78 is 5.02. The largest absolute Gasteiger partial charge is 0.244 e. The van der Waals surface area contributed by atoms with E-state index in [0.717, 1.165) is 13.0 Å². The van der Waals surface area contributed by atoms with Crippen LogP contribution in [0.15, 0.2) is 79.4 Å². The van der Waals surface area contributed by atoms with Crippen LogP contribution in [-0.2, 0) is 18.4 Å². The van der Waals surface area contributed by atoms with Crippen LogP contribution in [0, 0.1) is 0 Å². The van der Waals surface area contributed by atoms with Crippen molar-refractivity contribution in [3.8, 4) is 0 Å². The molecule has 2 aromatic carbocycles. The van der Waals surface area contributed by atoms with Crippen molar-refractivity contribution < 1.29 is 4.57 Å². The highest BCUT2D eigenvalue weighted by molar-refractivity contribution is 5.30. The summed E-state index contributed by atoms with van der Waals surface area (Å²) in [5, 5.41) is 0. The van der Waals surface area contributed by atoms with Gasteiger partial charge in [-0.2, -0.15) is 0 Å². The van der Waals surface area contributed by atoms with Crippen LogP contribution < -0.4 is 4.57 Å². The maximum Gasteiger partial charge on any atom is 0.244 e. The molecular formula is C39H61N2+. The van der Waals surface area contributed by atoms with Gasteiger partial charge in [0.05, 0.1) is 6.54 Å². The lowest BCUT2D eigenvalue weighted by Crippen LogP contribution is -2.38. The first kappa shape index (κ1) is 33.2. The van der Waals surface area contributed by atoms with Gasteiger partial charge in [-0.3, -0.25) is 0 Å². The number of benzene rings is 2. The van der Waals surface area contributed by atoms with Crippen molar-refractivity contribution >= 4 is 0 Å². The molecule has 226 valence electrons. The quantitative estimate of drug-likeness (QED) is 0.0810. The minimum absolute atomic E-state index is 0.0130. The lowest BCUT2D eigenvalue weighted by atomic mass is 9.70. The summed E-state index contributed by atoms with van der Waals surface area (Å²) in [6.45, 7) is 8.26. The van der Waals surface area contributed by atoms with Gasteiger partial charge < -0.3 is 0 Å². The molecule has 0 aliphatic rings. The van der Waals surface area contributed by atoms with Crippen LogP contribution in [0.4, 0.5) is 0 Å². The molecule has 0 bridgehead atoms. The van der Waals surface area contributed by atoms with E-state index in [1.165, 1.54) is 120 Å². The van der Waals surface area contributed by atoms with Crippen LogP contribution in [-0.4, -0.2) is 4.57 Å². The van der Waals surface area contributed by atoms with Crippen LogP contribution in [0.2, 0.25) is 0 Å². The summed E-state index contributed by atoms with van der Waals surface area (Å²) in [7, 11) is 0. The van der Waals surface area contributed by atoms with E-state index in [4.69, 9.17) is 0 Å². The molecule has 0 spiro atoms. The predicted octanol–water partition coefficient (Wildman–Crippen LogP) is 11.2. The third-order valence-corrected chi connectivity index (χ3v) is 9.26. The molecule has 0 aliphatic heterocycles. The molecule has 1 aromatic heterocycles. The van der Waals surface area contributed by atoms with Crippen LogP contribution in [0.1, 0.15) is 147 Å². The molecule has 0 aliphatic carbocycles. The summed E-state index contributed by atoms with van der Waals surface area (Å²) in [4.78, 5) is 0. The van der Waals surface area contributed by atoms with Crippen LogP contribution in [0.3, 0.4) is 0 Å². The van der Waals surface area contributed by atoms with Crippen molar-refractivity contribution in [1.29, 1.82) is 0 Å². The molecule has 3 rings (SSSR count). The number of nitrogens with zero attached hydrogens (tertiary/aromatic N) is 2. The highest BCUT2D eigenvalue weighted by Crippen LogP contribution is 2.41. The van der Waals surface area contributed by atoms with Gasteiger partial charge in [0.1, 0.15) is 18.4 Å². The Morgan fingerprint density at radius 3 is 1.73 bits per heavy atom. The Morgan fingerprint density at radius 1 is 0.634 bits per heavy atom. The fourth-order valence-corrected chi connectivity index (χ4v) is 6.68. The maximum atomic E-state index is 2.57. The first-order valence-corrected chi connectivity index (χ1v) is 17.3. The molecule has 0 radical (unpaired) electrons. The van der Waals surface area contributed by atoms with Gasteiger partial charge >= 0.3 is 0 Å². The zero-order valence-electron chi connectivity index (χ0n) is 26.9. The smallest absolute Gasteiger partial charge is 0.237 e. The van der Waals surface area contributed by atoms with Gasteiger partial charge in [-0.25, -0.2) is 9.13 Å². The highest BCUT2D eigenvalue weighted by Gasteiger charge is 2.40. The van der Waals surface area contributed by atoms with Crippen LogP contribution in [0.25, 0.3) is 0 Å². The maximum absolute atomic E-state index is 2.57. The van der Waals surface area contributed by atoms with Crippen molar-refractivity contribution in [3.05, 3.63) is 90.5 Å². The van der Waals surface area contributed by atoms with E-state index in [1.54, 1.807) is 0 Å². The molecule has 0 N–H and O–H groups in total. The van der Waals surface area contributed by atoms with E-state index in [1.807, 2.05) is 0 Å². The van der Waals surface area contributed by atoms with Gasteiger partial charge in [0.25, 0.3) is 0 Å². The Labute approximate surface area is 253 Å². The zero-order valence-corrected chi connectivity index (χ0v) is 26.9. The minimum Gasteiger partial charge on any atom is -0.237 e. The molecule has 41 heavy (non-hydrogen) atoms. The Hall–Kier alpha value is -2.35. The number of imidazole rings is 1. The standard InChI is InChI=1S/C39H61N2/c1-4-6-8-10-12-14-16-24-30-38(41-33-32-40(35-41)31-25-17-15-13-11-9-7-5-2)39(3,37-28-22-19-23-29-37)34-36-26-20-18-21-27-36/h18-23,26-29,32-33,35,38H,4-17,24-25,30-31,34H2,1-3H3/q+1. The van der Waals surface area contributed by atoms with Crippen molar-refractivity contribution in [2.75, 3.05) is 0 Å². The Morgan fingerprint density at radius 2 is 1.15 bits per heavy atom. The molecule has 2 nitrogen and oxygen atoms in total. The van der Waals surface area contributed by atoms with Gasteiger partial charge in [0.2, 0.25) is 6.33 Å². The average molecular weight is 558 g/mol. The fourth-order valence-electron chi connectivity index (χ4n) is 6.68. The second kappa shape index (κ2) is 19.7. The normalized spacial score (nSPS) is 13.7. The first-order chi connectivity index (χ1) is 20.2. The molecule has 3 aromatic rings. The molecule has 2 heteroatoms. The Balaban J connectivity index is 1.70. The monoisotopic (exact) mass is 557 g/mol. The summed E-state index contributed by atoms with van der Waals surface area (Å²) in [6.07, 6.45) is 31.3. The topological polar surface area (TPSA) is 8.81 Å². The molecule has 0 fully saturated rings. The molecule has 1 heterocycles. The third kappa shape index (κ3) is 11.8. The van der Waals surface area contributed by atoms with Crippen LogP contribution >= 0.6 is 0 Å². The minimum atomic E-state index is 0.0130. The Kier molecular flexibility index (Phi) is 15.9. The zero-order chi connectivity index (χ0) is 29.0. The van der Waals surface area contributed by atoms with Gasteiger partial charge in [0, 0.05) is 5.41 Å². The fraction of sp³-hybridized carbons (Fsp3) is 0.615. The summed E-state index contributed by atoms with van der Waals surface area (Å²) >= 11 is 0. The summed E-state index contributed by atoms with van der Waals surface area (Å²) in [6, 6.07) is 22.9. The van der Waals surface area contributed by atoms with E-state index in [-0.39, 0.29) is 5.41 Å². The molecular weight excluding hydrogens is 496 g/mol. The number of aromatic nitrogens is 2. The predicted molar refractivity (Wildman–Crippen MR) is 177 cm³/mol. The highest BCUT2D eigenvalue weighted by atomic mass is 15.1. The molecule has 0 saturated heterocycles. The molecule has 2 unspecified atom stereocenters. The average Bonchev–Trinajstić information content (AvgIpc) is 3.47. The number of hydrogen-bond donors (Lipinski definition) is 0. The van der Waals surface area contributed by atoms with E-state index in [2.05, 4.69) is 109 Å². The van der Waals surface area contributed by atoms with Gasteiger partial charge in [-0.05, 0) is 43.2 Å². The first-order valence-electron chi connectivity index (χ1n) is 17.3. The van der Waals surface area contributed by atoms with E-state index < -0.39 is 0 Å². The summed E-state index contributed by atoms with van der Waals surface area (Å²) in [5.41, 5.74) is 2.90. The molecule has 0 saturated carbocycles. The van der Waals surface area contributed by atoms with Crippen molar-refractivity contribution in [3.63, 3.8) is 0 Å². The third-order valence-electron chi connectivity index (χ3n) is 9.26. The second-order valence-corrected chi connectivity index (χ2v) is 12.8. The summed E-state index contributed by atoms with van der Waals surface area (Å²) in [5.74, 6) is 0. The number of aryl methyl sites for hydroxylation is 1. The lowest BCUT2D eigenvalue weighted by molar-refractivity contribution is -0.697. The second-order valence-electron chi connectivity index (χ2n) is 12.8. The van der Waals surface area contributed by atoms with E-state index in [0.29, 0.717) is 6.04 Å². The SMILES string of the molecule is CCCCCCCCCCC(n1cc[n+](CCCCCCCCCC)c1)C(C)(Cc1ccccc1)c1ccccc1. The molecule has 0 amide bonds. The van der Waals surface area contributed by atoms with Gasteiger partial charge in [-0.1, -0.05) is 165 Å². The van der Waals surface area contributed by atoms with E-state index >= 15 is 0 Å². The van der Waals surface area contributed by atoms with Crippen molar-refractivity contribution in [1.82, 2.24) is 4.57 Å². The Bertz CT molecular complexity index is 1020. The van der Waals surface area contributed by atoms with Gasteiger partial charge in [0.15, 0.2) is 0 Å². The van der Waals surface area contributed by atoms with Crippen molar-refractivity contribution in [2.45, 2.75) is 154 Å². The lowest BCUT2D eigenvalue weighted by Gasteiger charge is -2.37. The number of hydrogen-bond acceptors (Lipinski definition) is 0. The molecule has 2 atom stereocenters. The number of unbranched alkanes of at least 4 members (excludes halogenated alkanes) is 14. The van der Waals surface area contributed by atoms with E-state index in [9.17, 15) is 0 Å². The van der Waals surface area contributed by atoms with Gasteiger partial charge in [-0.15, -0.1) is 0 Å². The number of rotatable bonds is 23. The van der Waals surface area contributed by atoms with Crippen LogP contribution in [0.5, 0.6) is 0 Å². The van der Waals surface area contributed by atoms with Crippen molar-refractivity contribution in [2.24, 2.45) is 0 Å².